The van der Waals surface area contributed by atoms with Crippen LogP contribution in [0.2, 0.25) is 0 Å². The van der Waals surface area contributed by atoms with Gasteiger partial charge in [-0.1, -0.05) is 0 Å². The normalized spacial score (nSPS) is 10.1. The van der Waals surface area contributed by atoms with Crippen molar-refractivity contribution in [2.45, 2.75) is 20.3 Å². The summed E-state index contributed by atoms with van der Waals surface area (Å²) >= 11 is 0. The zero-order valence-electron chi connectivity index (χ0n) is 15.8. The summed E-state index contributed by atoms with van der Waals surface area (Å²) in [6.07, 6.45) is -0.0757. The molecule has 0 aliphatic heterocycles. The fourth-order valence-electron chi connectivity index (χ4n) is 2.75. The second-order valence-corrected chi connectivity index (χ2v) is 6.03. The van der Waals surface area contributed by atoms with Gasteiger partial charge < -0.3 is 0 Å². The quantitative estimate of drug-likeness (QED) is 0.398. The van der Waals surface area contributed by atoms with Gasteiger partial charge >= 0.3 is 140 Å². The van der Waals surface area contributed by atoms with Crippen LogP contribution in [0, 0.1) is 5.81 Å². The fraction of sp³-hybridized carbons (Fsp3) is 0.263. The third-order valence-electron chi connectivity index (χ3n) is 3.87. The van der Waals surface area contributed by atoms with Crippen molar-refractivity contribution in [2.24, 2.45) is 0 Å². The number of hydrogen-bond acceptors (Lipinski definition) is 8. The first kappa shape index (κ1) is 22.2. The number of hydrogen-bond donors (Lipinski definition) is 2. The van der Waals surface area contributed by atoms with Crippen molar-refractivity contribution in [3.8, 4) is 16.9 Å². The van der Waals surface area contributed by atoms with Crippen LogP contribution in [0.4, 0.5) is 5.69 Å². The van der Waals surface area contributed by atoms with Crippen molar-refractivity contribution in [1.82, 2.24) is 5.48 Å². The zero-order chi connectivity index (χ0) is 21.4. The predicted octanol–water partition coefficient (Wildman–Crippen LogP) is 2.53. The molecule has 0 heterocycles. The molecule has 152 valence electrons. The summed E-state index contributed by atoms with van der Waals surface area (Å²) in [5.74, 6) is 0.100. The predicted molar refractivity (Wildman–Crippen MR) is 104 cm³/mol. The number of nitrogen functional groups attached to an aromatic ring is 1. The van der Waals surface area contributed by atoms with E-state index in [1.807, 2.05) is 5.81 Å². The number of rotatable bonds is 7. The number of fused-ring (bicyclic) bond motifs is 1. The van der Waals surface area contributed by atoms with Crippen LogP contribution in [0.15, 0.2) is 24.3 Å². The summed E-state index contributed by atoms with van der Waals surface area (Å²) in [5.41, 5.74) is 9.63. The number of nitrogens with one attached hydrogen (secondary N) is 1. The molecule has 29 heavy (non-hydrogen) atoms. The third-order valence-corrected chi connectivity index (χ3v) is 4.03. The van der Waals surface area contributed by atoms with Crippen LogP contribution in [0.1, 0.15) is 40.1 Å². The summed E-state index contributed by atoms with van der Waals surface area (Å²) in [7, 11) is -0.501. The number of ether oxygens (including phenoxy) is 2. The Morgan fingerprint density at radius 3 is 1.97 bits per heavy atom. The van der Waals surface area contributed by atoms with Crippen LogP contribution < -0.4 is 11.2 Å². The van der Waals surface area contributed by atoms with E-state index in [-0.39, 0.29) is 36.4 Å². The molecule has 0 fully saturated rings. The van der Waals surface area contributed by atoms with Gasteiger partial charge in [-0.15, -0.1) is 0 Å². The molecule has 3 N–H and O–H groups in total. The van der Waals surface area contributed by atoms with Crippen molar-refractivity contribution in [3.05, 3.63) is 41.0 Å². The Morgan fingerprint density at radius 1 is 1.00 bits per heavy atom. The van der Waals surface area contributed by atoms with Crippen LogP contribution >= 0.6 is 7.92 Å². The third kappa shape index (κ3) is 5.23. The van der Waals surface area contributed by atoms with Gasteiger partial charge in [0.15, 0.2) is 0 Å². The van der Waals surface area contributed by atoms with Crippen LogP contribution in [-0.2, 0) is 30.1 Å². The molecule has 0 radical (unpaired) electrons. The van der Waals surface area contributed by atoms with Crippen molar-refractivity contribution in [1.29, 1.82) is 0 Å². The second kappa shape index (κ2) is 10.4. The van der Waals surface area contributed by atoms with Gasteiger partial charge in [0.05, 0.1) is 13.2 Å². The molecule has 0 aromatic heterocycles. The maximum atomic E-state index is 12.4. The molecule has 0 spiro atoms. The topological polar surface area (TPSA) is 134 Å². The summed E-state index contributed by atoms with van der Waals surface area (Å²) < 4.78 is 20.3. The SMILES string of the molecule is CCOC(=O)c1c2ccc(CC(=O)NOC#P=O)ccc-2c(C(=O)OCC)c1N. The van der Waals surface area contributed by atoms with E-state index in [4.69, 9.17) is 15.2 Å². The summed E-state index contributed by atoms with van der Waals surface area (Å²) in [6.45, 7) is 3.60. The fourth-order valence-corrected chi connectivity index (χ4v) is 2.83. The van der Waals surface area contributed by atoms with Crippen molar-refractivity contribution < 1.29 is 33.3 Å². The van der Waals surface area contributed by atoms with Gasteiger partial charge in [0.25, 0.3) is 0 Å². The molecule has 9 nitrogen and oxygen atoms in total. The first-order valence-electron chi connectivity index (χ1n) is 8.64. The van der Waals surface area contributed by atoms with Gasteiger partial charge in [-0.3, -0.25) is 0 Å². The molecule has 1 amide bonds. The molecule has 0 aromatic rings. The number of amides is 1. The first-order valence-corrected chi connectivity index (χ1v) is 9.46. The molecule has 10 heteroatoms. The molecule has 2 aliphatic carbocycles. The van der Waals surface area contributed by atoms with Gasteiger partial charge in [-0.2, -0.15) is 0 Å². The van der Waals surface area contributed by atoms with E-state index < -0.39 is 25.8 Å². The Hall–Kier alpha value is -3.12. The number of nitrogens with two attached hydrogens (primary N) is 1. The molecule has 2 rings (SSSR count). The minimum atomic E-state index is -0.660. The van der Waals surface area contributed by atoms with Crippen LogP contribution in [0.3, 0.4) is 0 Å². The van der Waals surface area contributed by atoms with E-state index in [1.54, 1.807) is 38.1 Å². The van der Waals surface area contributed by atoms with Crippen molar-refractivity contribution in [2.75, 3.05) is 18.9 Å². The number of anilines is 1. The van der Waals surface area contributed by atoms with Crippen molar-refractivity contribution >= 4 is 31.4 Å². The maximum absolute atomic E-state index is 12.4. The summed E-state index contributed by atoms with van der Waals surface area (Å²) in [4.78, 5) is 41.1. The molecular formula is C19H19N2O7P. The van der Waals surface area contributed by atoms with E-state index in [1.165, 1.54) is 0 Å². The molecule has 0 saturated carbocycles. The van der Waals surface area contributed by atoms with Crippen molar-refractivity contribution in [3.63, 3.8) is 0 Å². The molecule has 0 aromatic carbocycles. The number of carbonyl (C=O) groups excluding carboxylic acids is 3. The standard InChI is InChI=1S/C19H19N2O7P/c1-3-26-18(23)15-12-7-5-11(9-14(22)21-28-10-29-25)6-8-13(12)16(17(15)20)19(24)27-4-2/h5-8H,3-4,9,20H2,1-2H3,(H,21,22). The molecule has 0 saturated heterocycles. The Morgan fingerprint density at radius 2 is 1.52 bits per heavy atom. The first-order chi connectivity index (χ1) is 13.9. The van der Waals surface area contributed by atoms with Gasteiger partial charge in [0.1, 0.15) is 0 Å². The van der Waals surface area contributed by atoms with Gasteiger partial charge in [0, 0.05) is 0 Å². The molecule has 2 aliphatic rings. The van der Waals surface area contributed by atoms with Crippen LogP contribution in [-0.4, -0.2) is 31.1 Å². The monoisotopic (exact) mass is 418 g/mol. The van der Waals surface area contributed by atoms with Gasteiger partial charge in [-0.05, 0) is 13.8 Å². The van der Waals surface area contributed by atoms with Crippen LogP contribution in [0.25, 0.3) is 11.1 Å². The Labute approximate surface area is 167 Å². The van der Waals surface area contributed by atoms with E-state index in [2.05, 4.69) is 10.3 Å². The minimum absolute atomic E-state index is 0.0151. The molecule has 0 unspecified atom stereocenters. The Balaban J connectivity index is 2.51. The average molecular weight is 418 g/mol. The zero-order valence-corrected chi connectivity index (χ0v) is 16.7. The summed E-state index contributed by atoms with van der Waals surface area (Å²) in [5, 5.41) is 0. The van der Waals surface area contributed by atoms with E-state index in [9.17, 15) is 18.9 Å². The number of hydroxylamine groups is 1. The molecule has 0 atom stereocenters. The van der Waals surface area contributed by atoms with Gasteiger partial charge in [0.2, 0.25) is 0 Å². The van der Waals surface area contributed by atoms with Gasteiger partial charge in [-0.25, -0.2) is 0 Å². The van der Waals surface area contributed by atoms with E-state index in [0.717, 1.165) is 0 Å². The number of esters is 2. The Kier molecular flexibility index (Phi) is 7.98. The van der Waals surface area contributed by atoms with E-state index >= 15 is 0 Å². The molecule has 0 bridgehead atoms. The van der Waals surface area contributed by atoms with Crippen LogP contribution in [0.5, 0.6) is 0 Å². The second-order valence-electron chi connectivity index (χ2n) is 5.66. The average Bonchev–Trinajstić information content (AvgIpc) is 2.81. The Bertz CT molecular complexity index is 961. The summed E-state index contributed by atoms with van der Waals surface area (Å²) in [6, 6.07) is 6.38. The molecular weight excluding hydrogens is 399 g/mol. The number of carbonyl (C=O) groups is 3. The van der Waals surface area contributed by atoms with E-state index in [0.29, 0.717) is 16.7 Å².